The number of esters is 1. The van der Waals surface area contributed by atoms with Crippen LogP contribution in [0.1, 0.15) is 39.5 Å². The van der Waals surface area contributed by atoms with Gasteiger partial charge in [-0.3, -0.25) is 4.79 Å². The summed E-state index contributed by atoms with van der Waals surface area (Å²) in [6.07, 6.45) is 0.451. The fourth-order valence-corrected chi connectivity index (χ4v) is 1.74. The van der Waals surface area contributed by atoms with Gasteiger partial charge < -0.3 is 14.8 Å². The zero-order valence-corrected chi connectivity index (χ0v) is 12.0. The molecular weight excluding hydrogens is 256 g/mol. The third kappa shape index (κ3) is 8.10. The molecule has 0 fully saturated rings. The van der Waals surface area contributed by atoms with Crippen LogP contribution in [0.2, 0.25) is 0 Å². The number of carbonyl (C=O) groups excluding carboxylic acids is 1. The van der Waals surface area contributed by atoms with Crippen molar-refractivity contribution in [3.8, 4) is 0 Å². The van der Waals surface area contributed by atoms with Crippen molar-refractivity contribution in [2.24, 2.45) is 0 Å². The number of alkyl halides is 2. The molecule has 0 saturated heterocycles. The Hall–Kier alpha value is -0.750. The van der Waals surface area contributed by atoms with Crippen LogP contribution in [0.15, 0.2) is 0 Å². The second kappa shape index (κ2) is 10.1. The minimum Gasteiger partial charge on any atom is -0.468 e. The third-order valence-corrected chi connectivity index (χ3v) is 2.86. The molecule has 0 heterocycles. The summed E-state index contributed by atoms with van der Waals surface area (Å²) in [7, 11) is 1.36. The molecule has 0 aromatic carbocycles. The van der Waals surface area contributed by atoms with E-state index in [4.69, 9.17) is 9.47 Å². The van der Waals surface area contributed by atoms with E-state index in [9.17, 15) is 13.6 Å². The molecular formula is C13H25F2NO3. The van der Waals surface area contributed by atoms with Crippen molar-refractivity contribution in [1.82, 2.24) is 5.32 Å². The SMILES string of the molecule is CCCNC(C)(CCCCOCC(F)F)C(=O)OC. The number of nitrogens with one attached hydrogen (secondary N) is 1. The van der Waals surface area contributed by atoms with E-state index in [0.29, 0.717) is 19.3 Å². The van der Waals surface area contributed by atoms with Crippen molar-refractivity contribution in [2.45, 2.75) is 51.5 Å². The first kappa shape index (κ1) is 18.2. The maximum absolute atomic E-state index is 11.8. The lowest BCUT2D eigenvalue weighted by Crippen LogP contribution is -2.50. The highest BCUT2D eigenvalue weighted by Gasteiger charge is 2.32. The minimum atomic E-state index is -2.42. The van der Waals surface area contributed by atoms with Gasteiger partial charge >= 0.3 is 5.97 Å². The molecule has 6 heteroatoms. The van der Waals surface area contributed by atoms with Gasteiger partial charge in [-0.25, -0.2) is 8.78 Å². The Labute approximate surface area is 113 Å². The summed E-state index contributed by atoms with van der Waals surface area (Å²) in [4.78, 5) is 11.7. The van der Waals surface area contributed by atoms with E-state index in [1.165, 1.54) is 7.11 Å². The summed E-state index contributed by atoms with van der Waals surface area (Å²) in [5.41, 5.74) is -0.715. The summed E-state index contributed by atoms with van der Waals surface area (Å²) in [6.45, 7) is 4.31. The minimum absolute atomic E-state index is 0.287. The van der Waals surface area contributed by atoms with Gasteiger partial charge in [0.2, 0.25) is 0 Å². The fourth-order valence-electron chi connectivity index (χ4n) is 1.74. The zero-order valence-electron chi connectivity index (χ0n) is 12.0. The van der Waals surface area contributed by atoms with Crippen LogP contribution in [-0.2, 0) is 14.3 Å². The van der Waals surface area contributed by atoms with E-state index in [0.717, 1.165) is 13.0 Å². The highest BCUT2D eigenvalue weighted by atomic mass is 19.3. The largest absolute Gasteiger partial charge is 0.468 e. The van der Waals surface area contributed by atoms with Crippen molar-refractivity contribution in [3.63, 3.8) is 0 Å². The number of hydrogen-bond donors (Lipinski definition) is 1. The van der Waals surface area contributed by atoms with Gasteiger partial charge in [0.1, 0.15) is 12.1 Å². The molecule has 0 amide bonds. The number of hydrogen-bond acceptors (Lipinski definition) is 4. The van der Waals surface area contributed by atoms with E-state index < -0.39 is 18.6 Å². The van der Waals surface area contributed by atoms with Gasteiger partial charge in [0, 0.05) is 6.61 Å². The van der Waals surface area contributed by atoms with Crippen LogP contribution in [0.4, 0.5) is 8.78 Å². The van der Waals surface area contributed by atoms with Crippen molar-refractivity contribution in [2.75, 3.05) is 26.9 Å². The summed E-state index contributed by atoms with van der Waals surface area (Å²) in [5.74, 6) is -0.297. The van der Waals surface area contributed by atoms with Crippen LogP contribution < -0.4 is 5.32 Å². The third-order valence-electron chi connectivity index (χ3n) is 2.86. The van der Waals surface area contributed by atoms with E-state index in [1.54, 1.807) is 6.92 Å². The second-order valence-corrected chi connectivity index (χ2v) is 4.67. The Morgan fingerprint density at radius 1 is 1.37 bits per heavy atom. The molecule has 1 unspecified atom stereocenters. The number of halogens is 2. The number of ether oxygens (including phenoxy) is 2. The Balaban J connectivity index is 3.96. The van der Waals surface area contributed by atoms with Crippen LogP contribution in [0, 0.1) is 0 Å². The van der Waals surface area contributed by atoms with Gasteiger partial charge in [0.05, 0.1) is 7.11 Å². The number of methoxy groups -OCH3 is 1. The number of rotatable bonds is 11. The number of carbonyl (C=O) groups is 1. The van der Waals surface area contributed by atoms with Gasteiger partial charge in [-0.15, -0.1) is 0 Å². The molecule has 0 radical (unpaired) electrons. The monoisotopic (exact) mass is 281 g/mol. The predicted octanol–water partition coefficient (Wildman–Crippen LogP) is 2.37. The normalized spacial score (nSPS) is 14.4. The second-order valence-electron chi connectivity index (χ2n) is 4.67. The summed E-state index contributed by atoms with van der Waals surface area (Å²) >= 11 is 0. The van der Waals surface area contributed by atoms with E-state index in [1.807, 2.05) is 6.92 Å². The maximum atomic E-state index is 11.8. The van der Waals surface area contributed by atoms with Gasteiger partial charge in [-0.05, 0) is 39.2 Å². The van der Waals surface area contributed by atoms with E-state index >= 15 is 0 Å². The fraction of sp³-hybridized carbons (Fsp3) is 0.923. The Bertz CT molecular complexity index is 252. The first-order chi connectivity index (χ1) is 8.96. The molecule has 0 aromatic heterocycles. The van der Waals surface area contributed by atoms with Crippen LogP contribution in [-0.4, -0.2) is 44.8 Å². The summed E-state index contributed by atoms with van der Waals surface area (Å²) < 4.78 is 33.2. The first-order valence-electron chi connectivity index (χ1n) is 6.65. The van der Waals surface area contributed by atoms with Crippen LogP contribution in [0.5, 0.6) is 0 Å². The van der Waals surface area contributed by atoms with Gasteiger partial charge in [-0.1, -0.05) is 6.92 Å². The Morgan fingerprint density at radius 2 is 2.05 bits per heavy atom. The van der Waals surface area contributed by atoms with Crippen molar-refractivity contribution in [3.05, 3.63) is 0 Å². The summed E-state index contributed by atoms with van der Waals surface area (Å²) in [6, 6.07) is 0. The molecule has 0 aliphatic carbocycles. The zero-order chi connectivity index (χ0) is 14.7. The topological polar surface area (TPSA) is 47.6 Å². The average molecular weight is 281 g/mol. The molecule has 1 atom stereocenters. The highest BCUT2D eigenvalue weighted by Crippen LogP contribution is 2.16. The van der Waals surface area contributed by atoms with Crippen molar-refractivity contribution < 1.29 is 23.0 Å². The van der Waals surface area contributed by atoms with Crippen LogP contribution >= 0.6 is 0 Å². The van der Waals surface area contributed by atoms with Gasteiger partial charge in [-0.2, -0.15) is 0 Å². The lowest BCUT2D eigenvalue weighted by atomic mass is 9.94. The smallest absolute Gasteiger partial charge is 0.325 e. The van der Waals surface area contributed by atoms with Crippen molar-refractivity contribution in [1.29, 1.82) is 0 Å². The predicted molar refractivity (Wildman–Crippen MR) is 69.4 cm³/mol. The number of unbranched alkanes of at least 4 members (excludes halogenated alkanes) is 1. The molecule has 114 valence electrons. The lowest BCUT2D eigenvalue weighted by Gasteiger charge is -2.28. The molecule has 0 saturated carbocycles. The van der Waals surface area contributed by atoms with Crippen LogP contribution in [0.3, 0.4) is 0 Å². The highest BCUT2D eigenvalue weighted by molar-refractivity contribution is 5.80. The molecule has 4 nitrogen and oxygen atoms in total. The molecule has 0 rings (SSSR count). The summed E-state index contributed by atoms with van der Waals surface area (Å²) in [5, 5.41) is 3.17. The first-order valence-corrected chi connectivity index (χ1v) is 6.65. The molecule has 0 aliphatic rings. The van der Waals surface area contributed by atoms with Gasteiger partial charge in [0.25, 0.3) is 6.43 Å². The Morgan fingerprint density at radius 3 is 2.58 bits per heavy atom. The van der Waals surface area contributed by atoms with Crippen LogP contribution in [0.25, 0.3) is 0 Å². The van der Waals surface area contributed by atoms with Gasteiger partial charge in [0.15, 0.2) is 0 Å². The maximum Gasteiger partial charge on any atom is 0.325 e. The van der Waals surface area contributed by atoms with E-state index in [-0.39, 0.29) is 12.6 Å². The van der Waals surface area contributed by atoms with E-state index in [2.05, 4.69) is 5.32 Å². The molecule has 0 spiro atoms. The molecule has 0 bridgehead atoms. The lowest BCUT2D eigenvalue weighted by molar-refractivity contribution is -0.148. The molecule has 1 N–H and O–H groups in total. The van der Waals surface area contributed by atoms with Crippen molar-refractivity contribution >= 4 is 5.97 Å². The Kier molecular flexibility index (Phi) is 9.69. The molecule has 19 heavy (non-hydrogen) atoms. The quantitative estimate of drug-likeness (QED) is 0.466. The standard InChI is InChI=1S/C13H25F2NO3/c1-4-8-16-13(2,12(17)18-3)7-5-6-9-19-10-11(14)15/h11,16H,4-10H2,1-3H3. The molecule has 0 aliphatic heterocycles. The average Bonchev–Trinajstić information content (AvgIpc) is 2.39. The molecule has 0 aromatic rings.